The quantitative estimate of drug-likeness (QED) is 0.0323. The lowest BCUT2D eigenvalue weighted by Gasteiger charge is -2.13. The molecule has 55 heavy (non-hydrogen) atoms. The number of hydrogen-bond donors (Lipinski definition) is 3. The first-order chi connectivity index (χ1) is 26.9. The van der Waals surface area contributed by atoms with Crippen molar-refractivity contribution < 1.29 is 12.6 Å². The fourth-order valence-electron chi connectivity index (χ4n) is 6.57. The van der Waals surface area contributed by atoms with Crippen molar-refractivity contribution in [2.45, 2.75) is 160 Å². The number of aromatic nitrogens is 3. The minimum absolute atomic E-state index is 0.0573. The molecule has 0 saturated carbocycles. The van der Waals surface area contributed by atoms with Crippen molar-refractivity contribution >= 4 is 45.4 Å². The third-order valence-electron chi connectivity index (χ3n) is 9.74. The summed E-state index contributed by atoms with van der Waals surface area (Å²) in [6.07, 6.45) is 37.6. The molecule has 3 rings (SSSR count). The Kier molecular flexibility index (Phi) is 23.7. The molecule has 0 unspecified atom stereocenters. The molecule has 0 aliphatic heterocycles. The molecule has 3 aromatic rings. The van der Waals surface area contributed by atoms with E-state index in [2.05, 4.69) is 50.0 Å². The maximum Gasteiger partial charge on any atom is 0.297 e. The maximum absolute atomic E-state index is 12.6. The van der Waals surface area contributed by atoms with Gasteiger partial charge in [0.1, 0.15) is 4.90 Å². The molecule has 0 bridgehead atoms. The van der Waals surface area contributed by atoms with Crippen LogP contribution in [0.5, 0.6) is 0 Å². The van der Waals surface area contributed by atoms with E-state index in [1.165, 1.54) is 134 Å². The zero-order valence-corrected chi connectivity index (χ0v) is 35.0. The van der Waals surface area contributed by atoms with Crippen molar-refractivity contribution in [1.29, 1.82) is 0 Å². The molecule has 1 heterocycles. The van der Waals surface area contributed by atoms with Crippen molar-refractivity contribution in [2.24, 2.45) is 0 Å². The number of rotatable bonds is 32. The van der Waals surface area contributed by atoms with E-state index >= 15 is 0 Å². The fraction of sp³-hybridized carbons (Fsp3) is 0.578. The average molecular weight is 775 g/mol. The summed E-state index contributed by atoms with van der Waals surface area (Å²) in [6, 6.07) is 14.7. The Morgan fingerprint density at radius 3 is 1.62 bits per heavy atom. The lowest BCUT2D eigenvalue weighted by molar-refractivity contribution is 0.397. The van der Waals surface area contributed by atoms with Crippen molar-refractivity contribution in [3.05, 3.63) is 72.3 Å². The monoisotopic (exact) mass is 775 g/mol. The van der Waals surface area contributed by atoms with E-state index in [-0.39, 0.29) is 10.8 Å². The highest BCUT2D eigenvalue weighted by Gasteiger charge is 2.18. The second-order valence-electron chi connectivity index (χ2n) is 14.5. The predicted octanol–water partition coefficient (Wildman–Crippen LogP) is 13.3. The van der Waals surface area contributed by atoms with Gasteiger partial charge in [0.2, 0.25) is 17.8 Å². The molecule has 304 valence electrons. The van der Waals surface area contributed by atoms with Crippen LogP contribution in [0.1, 0.15) is 161 Å². The number of benzene rings is 2. The highest BCUT2D eigenvalue weighted by atomic mass is 32.2. The van der Waals surface area contributed by atoms with Crippen molar-refractivity contribution in [3.8, 4) is 0 Å². The third-order valence-corrected chi connectivity index (χ3v) is 11.1. The van der Waals surface area contributed by atoms with Gasteiger partial charge in [-0.15, -0.1) is 0 Å². The zero-order chi connectivity index (χ0) is 39.2. The Bertz CT molecular complexity index is 1610. The molecule has 0 saturated heterocycles. The predicted molar refractivity (Wildman–Crippen MR) is 233 cm³/mol. The molecule has 1 aromatic heterocycles. The van der Waals surface area contributed by atoms with Gasteiger partial charge in [-0.2, -0.15) is 23.4 Å². The second kappa shape index (κ2) is 28.6. The lowest BCUT2D eigenvalue weighted by Crippen LogP contribution is -2.11. The van der Waals surface area contributed by atoms with Gasteiger partial charge in [0.15, 0.2) is 0 Å². The Morgan fingerprint density at radius 1 is 0.600 bits per heavy atom. The van der Waals surface area contributed by atoms with E-state index < -0.39 is 10.1 Å². The van der Waals surface area contributed by atoms with Gasteiger partial charge in [-0.3, -0.25) is 4.18 Å². The van der Waals surface area contributed by atoms with E-state index in [9.17, 15) is 8.42 Å². The molecule has 0 amide bonds. The van der Waals surface area contributed by atoms with Crippen LogP contribution in [0.2, 0.25) is 0 Å². The van der Waals surface area contributed by atoms with Gasteiger partial charge < -0.3 is 16.0 Å². The number of nitrogens with zero attached hydrogens (tertiary/aromatic N) is 3. The van der Waals surface area contributed by atoms with Gasteiger partial charge in [-0.25, -0.2) is 0 Å². The number of unbranched alkanes of at least 4 members (excludes halogenated alkanes) is 20. The Balaban J connectivity index is 1.29. The average Bonchev–Trinajstić information content (AvgIpc) is 3.19. The number of anilines is 5. The van der Waals surface area contributed by atoms with Gasteiger partial charge in [-0.05, 0) is 68.9 Å². The van der Waals surface area contributed by atoms with Crippen LogP contribution in [0, 0.1) is 0 Å². The third kappa shape index (κ3) is 20.1. The van der Waals surface area contributed by atoms with Crippen molar-refractivity contribution in [2.75, 3.05) is 29.6 Å². The number of para-hydroxylation sites is 1. The molecule has 2 aromatic carbocycles. The van der Waals surface area contributed by atoms with Crippen LogP contribution in [0.3, 0.4) is 0 Å². The first kappa shape index (κ1) is 45.6. The van der Waals surface area contributed by atoms with Gasteiger partial charge in [0.25, 0.3) is 10.1 Å². The summed E-state index contributed by atoms with van der Waals surface area (Å²) in [6.45, 7) is 4.86. The maximum atomic E-state index is 12.6. The van der Waals surface area contributed by atoms with Gasteiger partial charge in [0, 0.05) is 17.9 Å². The highest BCUT2D eigenvalue weighted by Crippen LogP contribution is 2.26. The Morgan fingerprint density at radius 2 is 1.09 bits per heavy atom. The Hall–Kier alpha value is -3.76. The number of allylic oxidation sites excluding steroid dienone is 3. The smallest absolute Gasteiger partial charge is 0.297 e. The molecule has 0 fully saturated rings. The first-order valence-corrected chi connectivity index (χ1v) is 22.7. The molecule has 3 N–H and O–H groups in total. The zero-order valence-electron chi connectivity index (χ0n) is 34.2. The largest absolute Gasteiger partial charge is 0.354 e. The van der Waals surface area contributed by atoms with Crippen LogP contribution in [0.25, 0.3) is 6.08 Å². The molecule has 0 spiro atoms. The minimum atomic E-state index is -3.93. The summed E-state index contributed by atoms with van der Waals surface area (Å²) in [4.78, 5) is 13.8. The van der Waals surface area contributed by atoms with Crippen LogP contribution in [-0.2, 0) is 14.3 Å². The molecule has 0 aliphatic carbocycles. The fourth-order valence-corrected chi connectivity index (χ4v) is 7.44. The van der Waals surface area contributed by atoms with Gasteiger partial charge >= 0.3 is 0 Å². The summed E-state index contributed by atoms with van der Waals surface area (Å²) >= 11 is 0. The summed E-state index contributed by atoms with van der Waals surface area (Å²) in [5.74, 6) is 1.10. The standard InChI is InChI=1S/C45H70N6O3S/c1-4-6-7-8-9-10-11-12-13-14-15-16-17-18-19-20-21-22-23-24-25-26-27-31-37-46-43-49-44(47-40-33-29-28-30-34-40)51-45(50-43)48-41-36-35-39(32-5-2)42(38-41)55(52,53)54-3/h5,12-13,28-30,32-36,38H,4,6-11,14-27,31,37H2,1-3H3,(H3,46,47,48,49,50,51)/b13-12+,32-5?. The Labute approximate surface area is 333 Å². The molecular formula is C45H70N6O3S. The SMILES string of the molecule is CC=Cc1ccc(Nc2nc(NCCCCCCCCCCCCCCCC/C=C/CCCCCCCC)nc(Nc3ccccc3)n2)cc1S(=O)(=O)OC. The molecule has 0 radical (unpaired) electrons. The molecular weight excluding hydrogens is 705 g/mol. The van der Waals surface area contributed by atoms with Crippen LogP contribution in [0.15, 0.2) is 71.7 Å². The number of hydrogen-bond acceptors (Lipinski definition) is 9. The van der Waals surface area contributed by atoms with Crippen LogP contribution in [0.4, 0.5) is 29.2 Å². The van der Waals surface area contributed by atoms with Gasteiger partial charge in [0.05, 0.1) is 7.11 Å². The molecule has 9 nitrogen and oxygen atoms in total. The summed E-state index contributed by atoms with van der Waals surface area (Å²) in [5, 5.41) is 9.76. The second-order valence-corrected chi connectivity index (χ2v) is 16.2. The van der Waals surface area contributed by atoms with E-state index in [4.69, 9.17) is 4.18 Å². The van der Waals surface area contributed by atoms with Crippen molar-refractivity contribution in [3.63, 3.8) is 0 Å². The molecule has 0 atom stereocenters. The summed E-state index contributed by atoms with van der Waals surface area (Å²) < 4.78 is 30.1. The van der Waals surface area contributed by atoms with Crippen LogP contribution in [-0.4, -0.2) is 37.0 Å². The van der Waals surface area contributed by atoms with Crippen molar-refractivity contribution in [1.82, 2.24) is 15.0 Å². The summed E-state index contributed by atoms with van der Waals surface area (Å²) in [7, 11) is -2.78. The van der Waals surface area contributed by atoms with E-state index in [1.54, 1.807) is 24.3 Å². The minimum Gasteiger partial charge on any atom is -0.354 e. The molecule has 0 aliphatic rings. The first-order valence-electron chi connectivity index (χ1n) is 21.3. The normalized spacial score (nSPS) is 11.8. The van der Waals surface area contributed by atoms with Crippen LogP contribution >= 0.6 is 0 Å². The van der Waals surface area contributed by atoms with E-state index in [0.717, 1.165) is 32.2 Å². The van der Waals surface area contributed by atoms with E-state index in [1.807, 2.05) is 37.3 Å². The lowest BCUT2D eigenvalue weighted by atomic mass is 10.0. The summed E-state index contributed by atoms with van der Waals surface area (Å²) in [5.41, 5.74) is 1.89. The highest BCUT2D eigenvalue weighted by molar-refractivity contribution is 7.86. The van der Waals surface area contributed by atoms with Crippen LogP contribution < -0.4 is 16.0 Å². The number of nitrogens with one attached hydrogen (secondary N) is 3. The molecule has 10 heteroatoms. The van der Waals surface area contributed by atoms with E-state index in [0.29, 0.717) is 23.1 Å². The van der Waals surface area contributed by atoms with Gasteiger partial charge in [-0.1, -0.05) is 165 Å². The topological polar surface area (TPSA) is 118 Å².